The number of nitriles is 1. The average Bonchev–Trinajstić information content (AvgIpc) is 3.08. The Balaban J connectivity index is 1.58. The van der Waals surface area contributed by atoms with Crippen LogP contribution in [-0.4, -0.2) is 23.1 Å². The van der Waals surface area contributed by atoms with Crippen molar-refractivity contribution in [3.63, 3.8) is 0 Å². The minimum atomic E-state index is -0.944. The number of nitrogens with one attached hydrogen (secondary N) is 1. The number of carbonyl (C=O) groups is 2. The second-order valence-electron chi connectivity index (χ2n) is 7.30. The largest absolute Gasteiger partial charge is 0.453 e. The Morgan fingerprint density at radius 1 is 1.31 bits per heavy atom. The maximum absolute atomic E-state index is 12.5. The van der Waals surface area contributed by atoms with Crippen LogP contribution in [0.2, 0.25) is 0 Å². The lowest BCUT2D eigenvalue weighted by atomic mass is 10.1. The smallest absolute Gasteiger partial charge is 0.306 e. The number of anilines is 1. The van der Waals surface area contributed by atoms with Crippen LogP contribution >= 0.6 is 11.3 Å². The van der Waals surface area contributed by atoms with E-state index >= 15 is 0 Å². The average molecular weight is 416 g/mol. The number of ether oxygens (including phenoxy) is 1. The molecule has 1 amide bonds. The summed E-state index contributed by atoms with van der Waals surface area (Å²) >= 11 is 1.46. The van der Waals surface area contributed by atoms with Crippen molar-refractivity contribution in [2.24, 2.45) is 0 Å². The molecule has 0 saturated heterocycles. The van der Waals surface area contributed by atoms with Crippen LogP contribution in [0.3, 0.4) is 0 Å². The fraction of sp³-hybridized carbons (Fsp3) is 0.524. The molecule has 0 saturated carbocycles. The first kappa shape index (κ1) is 21.1. The van der Waals surface area contributed by atoms with Gasteiger partial charge in [0.25, 0.3) is 5.91 Å². The van der Waals surface area contributed by atoms with E-state index in [9.17, 15) is 14.9 Å². The number of hydrogen-bond donors (Lipinski definition) is 1. The van der Waals surface area contributed by atoms with Crippen molar-refractivity contribution < 1.29 is 18.8 Å². The Bertz CT molecular complexity index is 935. The fourth-order valence-corrected chi connectivity index (χ4v) is 4.80. The van der Waals surface area contributed by atoms with Crippen LogP contribution < -0.4 is 5.32 Å². The fourth-order valence-electron chi connectivity index (χ4n) is 3.56. The molecule has 1 aliphatic carbocycles. The molecule has 1 N–H and O–H groups in total. The Morgan fingerprint density at radius 3 is 2.76 bits per heavy atom. The predicted molar refractivity (Wildman–Crippen MR) is 109 cm³/mol. The second-order valence-corrected chi connectivity index (χ2v) is 8.41. The number of hydrogen-bond acceptors (Lipinski definition) is 7. The Hall–Kier alpha value is -2.66. The Labute approximate surface area is 174 Å². The van der Waals surface area contributed by atoms with Gasteiger partial charge in [0.15, 0.2) is 6.10 Å². The van der Waals surface area contributed by atoms with Gasteiger partial charge in [0.2, 0.25) is 0 Å². The maximum Gasteiger partial charge on any atom is 0.306 e. The van der Waals surface area contributed by atoms with Gasteiger partial charge in [0, 0.05) is 16.9 Å². The second kappa shape index (κ2) is 9.23. The van der Waals surface area contributed by atoms with Gasteiger partial charge in [-0.25, -0.2) is 0 Å². The number of carbonyl (C=O) groups excluding carboxylic acids is 2. The van der Waals surface area contributed by atoms with Gasteiger partial charge >= 0.3 is 5.97 Å². The number of nitrogens with zero attached hydrogens (tertiary/aromatic N) is 2. The molecular formula is C21H25N3O4S. The molecule has 3 rings (SSSR count). The van der Waals surface area contributed by atoms with Crippen LogP contribution in [0.25, 0.3) is 0 Å². The first-order valence-electron chi connectivity index (χ1n) is 9.87. The monoisotopic (exact) mass is 415 g/mol. The number of rotatable bonds is 6. The van der Waals surface area contributed by atoms with Crippen LogP contribution in [0, 0.1) is 25.2 Å². The third kappa shape index (κ3) is 4.85. The van der Waals surface area contributed by atoms with E-state index in [0.29, 0.717) is 22.7 Å². The van der Waals surface area contributed by atoms with Crippen LogP contribution in [0.15, 0.2) is 4.52 Å². The molecule has 0 fully saturated rings. The van der Waals surface area contributed by atoms with Crippen molar-refractivity contribution >= 4 is 28.2 Å². The van der Waals surface area contributed by atoms with Crippen molar-refractivity contribution in [2.75, 3.05) is 5.32 Å². The summed E-state index contributed by atoms with van der Waals surface area (Å²) in [6, 6.07) is 2.24. The van der Waals surface area contributed by atoms with Gasteiger partial charge in [-0.1, -0.05) is 11.6 Å². The zero-order valence-corrected chi connectivity index (χ0v) is 17.8. The highest BCUT2D eigenvalue weighted by Gasteiger charge is 2.24. The summed E-state index contributed by atoms with van der Waals surface area (Å²) in [7, 11) is 0. The minimum Gasteiger partial charge on any atom is -0.453 e. The molecular weight excluding hydrogens is 390 g/mol. The highest BCUT2D eigenvalue weighted by Crippen LogP contribution is 2.37. The topological polar surface area (TPSA) is 105 Å². The Morgan fingerprint density at radius 2 is 2.07 bits per heavy atom. The summed E-state index contributed by atoms with van der Waals surface area (Å²) in [6.45, 7) is 5.16. The predicted octanol–water partition coefficient (Wildman–Crippen LogP) is 4.00. The van der Waals surface area contributed by atoms with Crippen LogP contribution in [0.4, 0.5) is 5.00 Å². The standard InChI is InChI=1S/C21H25N3O4S/c1-12-15(13(2)28-24-12)9-10-19(25)27-14(3)20(26)23-21-17(11-22)16-7-5-4-6-8-18(16)29-21/h14H,4-10H2,1-3H3,(H,23,26)/t14-/m1/s1. The third-order valence-electron chi connectivity index (χ3n) is 5.21. The van der Waals surface area contributed by atoms with E-state index in [2.05, 4.69) is 16.5 Å². The number of thiophene rings is 1. The molecule has 0 aromatic carbocycles. The molecule has 2 aromatic heterocycles. The van der Waals surface area contributed by atoms with E-state index in [1.165, 1.54) is 23.1 Å². The van der Waals surface area contributed by atoms with E-state index in [4.69, 9.17) is 9.26 Å². The van der Waals surface area contributed by atoms with Gasteiger partial charge in [-0.05, 0) is 58.4 Å². The summed E-state index contributed by atoms with van der Waals surface area (Å²) in [4.78, 5) is 25.8. The summed E-state index contributed by atoms with van der Waals surface area (Å²) < 4.78 is 10.4. The molecule has 154 valence electrons. The SMILES string of the molecule is Cc1noc(C)c1CCC(=O)O[C@H](C)C(=O)Nc1sc2c(c1C#N)CCCCC2. The molecule has 0 aliphatic heterocycles. The lowest BCUT2D eigenvalue weighted by molar-refractivity contribution is -0.153. The lowest BCUT2D eigenvalue weighted by Crippen LogP contribution is -2.30. The summed E-state index contributed by atoms with van der Waals surface area (Å²) in [5.74, 6) is -0.207. The number of aryl methyl sites for hydroxylation is 3. The van der Waals surface area contributed by atoms with Gasteiger partial charge < -0.3 is 14.6 Å². The van der Waals surface area contributed by atoms with E-state index in [1.807, 2.05) is 6.92 Å². The van der Waals surface area contributed by atoms with Gasteiger partial charge in [-0.2, -0.15) is 5.26 Å². The summed E-state index contributed by atoms with van der Waals surface area (Å²) in [6.07, 6.45) is 4.78. The number of aromatic nitrogens is 1. The molecule has 29 heavy (non-hydrogen) atoms. The minimum absolute atomic E-state index is 0.136. The highest BCUT2D eigenvalue weighted by atomic mass is 32.1. The normalized spacial score (nSPS) is 14.4. The van der Waals surface area contributed by atoms with Crippen LogP contribution in [0.5, 0.6) is 0 Å². The zero-order valence-electron chi connectivity index (χ0n) is 17.0. The van der Waals surface area contributed by atoms with Crippen LogP contribution in [-0.2, 0) is 33.6 Å². The van der Waals surface area contributed by atoms with Gasteiger partial charge in [0.1, 0.15) is 16.8 Å². The first-order valence-corrected chi connectivity index (χ1v) is 10.7. The molecule has 0 spiro atoms. The molecule has 0 bridgehead atoms. The van der Waals surface area contributed by atoms with Gasteiger partial charge in [-0.15, -0.1) is 11.3 Å². The number of fused-ring (bicyclic) bond motifs is 1. The molecule has 1 atom stereocenters. The third-order valence-corrected chi connectivity index (χ3v) is 6.41. The van der Waals surface area contributed by atoms with Crippen molar-refractivity contribution in [2.45, 2.75) is 71.8 Å². The van der Waals surface area contributed by atoms with E-state index in [0.717, 1.165) is 48.9 Å². The van der Waals surface area contributed by atoms with Crippen molar-refractivity contribution in [3.05, 3.63) is 33.0 Å². The summed E-state index contributed by atoms with van der Waals surface area (Å²) in [5.41, 5.74) is 3.26. The molecule has 0 radical (unpaired) electrons. The molecule has 2 aromatic rings. The van der Waals surface area contributed by atoms with Crippen molar-refractivity contribution in [3.8, 4) is 6.07 Å². The first-order chi connectivity index (χ1) is 13.9. The highest BCUT2D eigenvalue weighted by molar-refractivity contribution is 7.16. The van der Waals surface area contributed by atoms with E-state index < -0.39 is 18.0 Å². The van der Waals surface area contributed by atoms with E-state index in [1.54, 1.807) is 6.92 Å². The van der Waals surface area contributed by atoms with Gasteiger partial charge in [0.05, 0.1) is 11.3 Å². The maximum atomic E-state index is 12.5. The molecule has 0 unspecified atom stereocenters. The molecule has 1 aliphatic rings. The Kier molecular flexibility index (Phi) is 6.70. The van der Waals surface area contributed by atoms with Gasteiger partial charge in [-0.3, -0.25) is 9.59 Å². The quantitative estimate of drug-likeness (QED) is 0.565. The molecule has 2 heterocycles. The zero-order chi connectivity index (χ0) is 21.0. The summed E-state index contributed by atoms with van der Waals surface area (Å²) in [5, 5.41) is 16.8. The van der Waals surface area contributed by atoms with Crippen LogP contribution in [0.1, 0.15) is 65.6 Å². The van der Waals surface area contributed by atoms with E-state index in [-0.39, 0.29) is 6.42 Å². The van der Waals surface area contributed by atoms with Crippen molar-refractivity contribution in [1.29, 1.82) is 5.26 Å². The number of amides is 1. The van der Waals surface area contributed by atoms with Crippen molar-refractivity contribution in [1.82, 2.24) is 5.16 Å². The molecule has 7 nitrogen and oxygen atoms in total. The molecule has 8 heteroatoms. The lowest BCUT2D eigenvalue weighted by Gasteiger charge is -2.13. The number of esters is 1.